The molecule has 1 aliphatic heterocycles. The van der Waals surface area contributed by atoms with E-state index >= 15 is 0 Å². The van der Waals surface area contributed by atoms with E-state index in [1.807, 2.05) is 18.2 Å². The molecule has 0 amide bonds. The number of aromatic nitrogens is 1. The summed E-state index contributed by atoms with van der Waals surface area (Å²) in [5, 5.41) is 12.1. The Morgan fingerprint density at radius 2 is 1.84 bits per heavy atom. The van der Waals surface area contributed by atoms with Crippen LogP contribution in [-0.2, 0) is 0 Å². The van der Waals surface area contributed by atoms with Crippen LogP contribution in [0, 0.1) is 6.92 Å². The zero-order chi connectivity index (χ0) is 22.1. The zero-order valence-corrected chi connectivity index (χ0v) is 19.7. The van der Waals surface area contributed by atoms with Crippen molar-refractivity contribution in [3.8, 4) is 22.8 Å². The van der Waals surface area contributed by atoms with Gasteiger partial charge in [0.1, 0.15) is 11.5 Å². The fourth-order valence-electron chi connectivity index (χ4n) is 3.83. The molecule has 0 aliphatic carbocycles. The Kier molecular flexibility index (Phi) is 5.68. The number of thiazole rings is 1. The van der Waals surface area contributed by atoms with Crippen LogP contribution in [0.2, 0.25) is 0 Å². The molecule has 2 aromatic carbocycles. The molecule has 32 heavy (non-hydrogen) atoms. The lowest BCUT2D eigenvalue weighted by molar-refractivity contribution is 0.395. The van der Waals surface area contributed by atoms with Crippen LogP contribution < -0.4 is 14.5 Å². The van der Waals surface area contributed by atoms with Gasteiger partial charge in [-0.25, -0.2) is 9.99 Å². The van der Waals surface area contributed by atoms with Gasteiger partial charge >= 0.3 is 0 Å². The molecule has 3 heterocycles. The first-order valence-electron chi connectivity index (χ1n) is 10.3. The van der Waals surface area contributed by atoms with Gasteiger partial charge in [-0.15, -0.1) is 22.7 Å². The minimum atomic E-state index is 0.115. The van der Waals surface area contributed by atoms with Gasteiger partial charge in [-0.2, -0.15) is 5.10 Å². The lowest BCUT2D eigenvalue weighted by atomic mass is 10.0. The van der Waals surface area contributed by atoms with Crippen LogP contribution in [0.15, 0.2) is 70.5 Å². The Morgan fingerprint density at radius 1 is 1.00 bits per heavy atom. The Labute approximate surface area is 195 Å². The number of thiophene rings is 1. The third kappa shape index (κ3) is 3.89. The highest BCUT2D eigenvalue weighted by atomic mass is 32.1. The van der Waals surface area contributed by atoms with E-state index in [4.69, 9.17) is 19.6 Å². The molecule has 162 valence electrons. The molecule has 0 radical (unpaired) electrons. The molecule has 1 aliphatic rings. The van der Waals surface area contributed by atoms with Crippen LogP contribution in [-0.4, -0.2) is 24.9 Å². The summed E-state index contributed by atoms with van der Waals surface area (Å²) >= 11 is 3.32. The third-order valence-corrected chi connectivity index (χ3v) is 7.30. The van der Waals surface area contributed by atoms with Crippen LogP contribution in [0.1, 0.15) is 28.5 Å². The van der Waals surface area contributed by atoms with Crippen LogP contribution in [0.4, 0.5) is 5.13 Å². The first-order valence-corrected chi connectivity index (χ1v) is 12.1. The number of aryl methyl sites for hydroxylation is 1. The second-order valence-corrected chi connectivity index (χ2v) is 9.36. The number of anilines is 1. The molecule has 5 nitrogen and oxygen atoms in total. The number of hydrogen-bond acceptors (Lipinski definition) is 7. The largest absolute Gasteiger partial charge is 0.497 e. The lowest BCUT2D eigenvalue weighted by Crippen LogP contribution is -2.18. The maximum absolute atomic E-state index is 5.59. The molecule has 0 spiro atoms. The normalized spacial score (nSPS) is 15.7. The quantitative estimate of drug-likeness (QED) is 0.326. The Hall–Kier alpha value is -3.16. The zero-order valence-electron chi connectivity index (χ0n) is 18.1. The summed E-state index contributed by atoms with van der Waals surface area (Å²) in [6.07, 6.45) is 0.852. The minimum Gasteiger partial charge on any atom is -0.497 e. The van der Waals surface area contributed by atoms with Crippen molar-refractivity contribution < 1.29 is 9.47 Å². The van der Waals surface area contributed by atoms with Gasteiger partial charge < -0.3 is 9.47 Å². The van der Waals surface area contributed by atoms with E-state index in [2.05, 4.69) is 59.1 Å². The molecule has 5 rings (SSSR count). The van der Waals surface area contributed by atoms with Gasteiger partial charge in [0.25, 0.3) is 0 Å². The van der Waals surface area contributed by atoms with Gasteiger partial charge in [0.2, 0.25) is 5.13 Å². The standard InChI is InChI=1S/C25H23N3O2S2/c1-16-6-8-17(9-7-16)22-14-20(24-5-4-12-31-24)27-28(22)25-26-21(15-32-25)19-11-10-18(29-2)13-23(19)30-3/h4-13,15,22H,14H2,1-3H3/t22-/m0/s1. The smallest absolute Gasteiger partial charge is 0.207 e. The number of nitrogens with zero attached hydrogens (tertiary/aromatic N) is 3. The topological polar surface area (TPSA) is 47.0 Å². The molecular formula is C25H23N3O2S2. The summed E-state index contributed by atoms with van der Waals surface area (Å²) in [5.74, 6) is 1.49. The minimum absolute atomic E-state index is 0.115. The fourth-order valence-corrected chi connectivity index (χ4v) is 5.37. The summed E-state index contributed by atoms with van der Waals surface area (Å²) < 4.78 is 10.9. The fraction of sp³-hybridized carbons (Fsp3) is 0.200. The molecule has 0 fully saturated rings. The second kappa shape index (κ2) is 8.76. The SMILES string of the molecule is COc1ccc(-c2csc(N3N=C(c4cccs4)C[C@H]3c3ccc(C)cc3)n2)c(OC)c1. The number of rotatable bonds is 6. The summed E-state index contributed by atoms with van der Waals surface area (Å²) in [4.78, 5) is 6.16. The first kappa shape index (κ1) is 20.7. The van der Waals surface area contributed by atoms with E-state index in [1.165, 1.54) is 16.0 Å². The van der Waals surface area contributed by atoms with E-state index in [0.717, 1.165) is 40.0 Å². The summed E-state index contributed by atoms with van der Waals surface area (Å²) in [5.41, 5.74) is 5.39. The van der Waals surface area contributed by atoms with Crippen LogP contribution in [0.3, 0.4) is 0 Å². The highest BCUT2D eigenvalue weighted by molar-refractivity contribution is 7.14. The van der Waals surface area contributed by atoms with Gasteiger partial charge in [0.05, 0.1) is 36.5 Å². The molecular weight excluding hydrogens is 438 g/mol. The number of ether oxygens (including phenoxy) is 2. The summed E-state index contributed by atoms with van der Waals surface area (Å²) in [6.45, 7) is 2.11. The Bertz CT molecular complexity index is 1250. The molecule has 0 N–H and O–H groups in total. The second-order valence-electron chi connectivity index (χ2n) is 7.58. The highest BCUT2D eigenvalue weighted by Gasteiger charge is 2.32. The van der Waals surface area contributed by atoms with Crippen molar-refractivity contribution in [3.63, 3.8) is 0 Å². The number of hydrogen-bond donors (Lipinski definition) is 0. The average Bonchev–Trinajstić information content (AvgIpc) is 3.59. The van der Waals surface area contributed by atoms with Gasteiger partial charge in [-0.3, -0.25) is 0 Å². The maximum atomic E-state index is 5.59. The molecule has 0 unspecified atom stereocenters. The van der Waals surface area contributed by atoms with Crippen LogP contribution >= 0.6 is 22.7 Å². The molecule has 0 saturated carbocycles. The Morgan fingerprint density at radius 3 is 2.56 bits per heavy atom. The summed E-state index contributed by atoms with van der Waals surface area (Å²) in [6, 6.07) is 18.8. The number of benzene rings is 2. The molecule has 0 saturated heterocycles. The van der Waals surface area contributed by atoms with Crippen molar-refractivity contribution >= 4 is 33.5 Å². The lowest BCUT2D eigenvalue weighted by Gasteiger charge is -2.21. The molecule has 7 heteroatoms. The highest BCUT2D eigenvalue weighted by Crippen LogP contribution is 2.41. The van der Waals surface area contributed by atoms with Gasteiger partial charge in [-0.1, -0.05) is 35.9 Å². The molecule has 2 aromatic heterocycles. The van der Waals surface area contributed by atoms with Crippen molar-refractivity contribution in [3.05, 3.63) is 81.4 Å². The van der Waals surface area contributed by atoms with Crippen molar-refractivity contribution in [2.45, 2.75) is 19.4 Å². The average molecular weight is 462 g/mol. The van der Waals surface area contributed by atoms with Crippen LogP contribution in [0.25, 0.3) is 11.3 Å². The predicted octanol–water partition coefficient (Wildman–Crippen LogP) is 6.55. The third-order valence-electron chi connectivity index (χ3n) is 5.55. The van der Waals surface area contributed by atoms with E-state index in [9.17, 15) is 0 Å². The monoisotopic (exact) mass is 461 g/mol. The van der Waals surface area contributed by atoms with Crippen molar-refractivity contribution in [2.24, 2.45) is 5.10 Å². The number of methoxy groups -OCH3 is 2. The van der Waals surface area contributed by atoms with Crippen molar-refractivity contribution in [1.82, 2.24) is 4.98 Å². The Balaban J connectivity index is 1.53. The summed E-state index contributed by atoms with van der Waals surface area (Å²) in [7, 11) is 3.31. The first-order chi connectivity index (χ1) is 15.7. The molecule has 4 aromatic rings. The van der Waals surface area contributed by atoms with Crippen LogP contribution in [0.5, 0.6) is 11.5 Å². The van der Waals surface area contributed by atoms with Gasteiger partial charge in [0, 0.05) is 23.4 Å². The predicted molar refractivity (Wildman–Crippen MR) is 133 cm³/mol. The van der Waals surface area contributed by atoms with E-state index in [0.29, 0.717) is 0 Å². The molecule has 0 bridgehead atoms. The van der Waals surface area contributed by atoms with Gasteiger partial charge in [0.15, 0.2) is 0 Å². The van der Waals surface area contributed by atoms with Crippen molar-refractivity contribution in [2.75, 3.05) is 19.2 Å². The van der Waals surface area contributed by atoms with E-state index < -0.39 is 0 Å². The van der Waals surface area contributed by atoms with E-state index in [-0.39, 0.29) is 6.04 Å². The maximum Gasteiger partial charge on any atom is 0.207 e. The van der Waals surface area contributed by atoms with E-state index in [1.54, 1.807) is 36.9 Å². The van der Waals surface area contributed by atoms with Gasteiger partial charge in [-0.05, 0) is 36.1 Å². The number of hydrazone groups is 1. The molecule has 1 atom stereocenters. The van der Waals surface area contributed by atoms with Crippen molar-refractivity contribution in [1.29, 1.82) is 0 Å².